The Bertz CT molecular complexity index is 443. The van der Waals surface area contributed by atoms with E-state index in [4.69, 9.17) is 0 Å². The van der Waals surface area contributed by atoms with Crippen LogP contribution in [0.15, 0.2) is 30.3 Å². The summed E-state index contributed by atoms with van der Waals surface area (Å²) in [4.78, 5) is 2.71. The van der Waals surface area contributed by atoms with E-state index in [9.17, 15) is 0 Å². The molecule has 0 aromatic heterocycles. The predicted molar refractivity (Wildman–Crippen MR) is 88.0 cm³/mol. The van der Waals surface area contributed by atoms with Crippen molar-refractivity contribution < 1.29 is 0 Å². The van der Waals surface area contributed by atoms with Crippen molar-refractivity contribution in [1.82, 2.24) is 4.90 Å². The van der Waals surface area contributed by atoms with Crippen LogP contribution in [0.25, 0.3) is 0 Å². The number of rotatable bonds is 5. The Labute approximate surface area is 129 Å². The van der Waals surface area contributed by atoms with E-state index in [1.54, 1.807) is 19.3 Å². The Morgan fingerprint density at radius 3 is 2.05 bits per heavy atom. The van der Waals surface area contributed by atoms with Crippen LogP contribution in [0.2, 0.25) is 0 Å². The molecule has 0 spiro atoms. The average Bonchev–Trinajstić information content (AvgIpc) is 2.46. The number of hydrogen-bond acceptors (Lipinski definition) is 1. The Morgan fingerprint density at radius 1 is 0.952 bits per heavy atom. The predicted octanol–water partition coefficient (Wildman–Crippen LogP) is 4.72. The molecule has 21 heavy (non-hydrogen) atoms. The minimum Gasteiger partial charge on any atom is -0.299 e. The van der Waals surface area contributed by atoms with Crippen molar-refractivity contribution in [2.45, 2.75) is 52.0 Å². The first-order valence-electron chi connectivity index (χ1n) is 9.01. The third-order valence-corrected chi connectivity index (χ3v) is 6.42. The standard InChI is InChI=1S/C20H29N/c1-2-21(14-16-6-4-3-5-7-16)15-20-11-17-8-18(12-20)10-19(9-17)13-20/h3-7,17-19H,2,8-15H2,1H3. The molecule has 4 saturated carbocycles. The molecule has 0 atom stereocenters. The molecule has 1 aromatic carbocycles. The SMILES string of the molecule is CCN(Cc1ccccc1)CC12CC3CC(CC(C3)C1)C2. The van der Waals surface area contributed by atoms with E-state index in [2.05, 4.69) is 42.2 Å². The van der Waals surface area contributed by atoms with Gasteiger partial charge in [-0.25, -0.2) is 0 Å². The second-order valence-corrected chi connectivity index (χ2v) is 8.21. The highest BCUT2D eigenvalue weighted by Gasteiger charge is 2.51. The Kier molecular flexibility index (Phi) is 3.57. The van der Waals surface area contributed by atoms with Gasteiger partial charge in [-0.1, -0.05) is 37.3 Å². The molecule has 114 valence electrons. The Hall–Kier alpha value is -0.820. The summed E-state index contributed by atoms with van der Waals surface area (Å²) in [5, 5.41) is 0. The van der Waals surface area contributed by atoms with Crippen LogP contribution >= 0.6 is 0 Å². The molecule has 4 aliphatic carbocycles. The zero-order valence-electron chi connectivity index (χ0n) is 13.4. The molecular weight excluding hydrogens is 254 g/mol. The topological polar surface area (TPSA) is 3.24 Å². The smallest absolute Gasteiger partial charge is 0.0233 e. The van der Waals surface area contributed by atoms with Crippen LogP contribution in [0.1, 0.15) is 51.0 Å². The van der Waals surface area contributed by atoms with Gasteiger partial charge >= 0.3 is 0 Å². The van der Waals surface area contributed by atoms with Gasteiger partial charge in [-0.15, -0.1) is 0 Å². The van der Waals surface area contributed by atoms with Gasteiger partial charge in [0.15, 0.2) is 0 Å². The second kappa shape index (κ2) is 5.43. The fourth-order valence-electron chi connectivity index (χ4n) is 6.08. The van der Waals surface area contributed by atoms with E-state index in [-0.39, 0.29) is 0 Å². The van der Waals surface area contributed by atoms with Gasteiger partial charge in [0.25, 0.3) is 0 Å². The van der Waals surface area contributed by atoms with Gasteiger partial charge in [-0.2, -0.15) is 0 Å². The van der Waals surface area contributed by atoms with Crippen molar-refractivity contribution in [2.24, 2.45) is 23.2 Å². The molecule has 0 unspecified atom stereocenters. The normalized spacial score (nSPS) is 37.3. The summed E-state index contributed by atoms with van der Waals surface area (Å²) in [6, 6.07) is 11.0. The maximum absolute atomic E-state index is 2.71. The van der Waals surface area contributed by atoms with Crippen LogP contribution in [0.5, 0.6) is 0 Å². The van der Waals surface area contributed by atoms with Gasteiger partial charge in [-0.3, -0.25) is 4.90 Å². The zero-order chi connectivity index (χ0) is 14.3. The monoisotopic (exact) mass is 283 g/mol. The lowest BCUT2D eigenvalue weighted by molar-refractivity contribution is -0.0696. The third-order valence-electron chi connectivity index (χ3n) is 6.42. The zero-order valence-corrected chi connectivity index (χ0v) is 13.4. The molecule has 0 amide bonds. The molecule has 0 radical (unpaired) electrons. The fraction of sp³-hybridized carbons (Fsp3) is 0.700. The summed E-state index contributed by atoms with van der Waals surface area (Å²) in [6.07, 6.45) is 9.27. The quantitative estimate of drug-likeness (QED) is 0.755. The molecule has 1 nitrogen and oxygen atoms in total. The van der Waals surface area contributed by atoms with E-state index in [0.29, 0.717) is 5.41 Å². The third kappa shape index (κ3) is 2.77. The molecule has 5 rings (SSSR count). The lowest BCUT2D eigenvalue weighted by Gasteiger charge is -2.58. The molecular formula is C20H29N. The van der Waals surface area contributed by atoms with Crippen molar-refractivity contribution in [3.05, 3.63) is 35.9 Å². The van der Waals surface area contributed by atoms with Crippen molar-refractivity contribution in [3.8, 4) is 0 Å². The highest BCUT2D eigenvalue weighted by atomic mass is 15.1. The first kappa shape index (κ1) is 13.8. The van der Waals surface area contributed by atoms with Crippen molar-refractivity contribution in [3.63, 3.8) is 0 Å². The first-order valence-corrected chi connectivity index (χ1v) is 9.01. The van der Waals surface area contributed by atoms with Crippen LogP contribution in [0, 0.1) is 23.2 Å². The summed E-state index contributed by atoms with van der Waals surface area (Å²) >= 11 is 0. The van der Waals surface area contributed by atoms with Crippen LogP contribution < -0.4 is 0 Å². The summed E-state index contributed by atoms with van der Waals surface area (Å²) < 4.78 is 0. The minimum atomic E-state index is 0.680. The maximum atomic E-state index is 2.71. The highest BCUT2D eigenvalue weighted by molar-refractivity contribution is 5.14. The largest absolute Gasteiger partial charge is 0.299 e. The molecule has 1 heteroatoms. The summed E-state index contributed by atoms with van der Waals surface area (Å²) in [6.45, 7) is 6.01. The van der Waals surface area contributed by atoms with Gasteiger partial charge in [0.1, 0.15) is 0 Å². The van der Waals surface area contributed by atoms with E-state index in [1.807, 2.05) is 0 Å². The van der Waals surface area contributed by atoms with E-state index >= 15 is 0 Å². The van der Waals surface area contributed by atoms with Crippen molar-refractivity contribution in [1.29, 1.82) is 0 Å². The van der Waals surface area contributed by atoms with Crippen molar-refractivity contribution >= 4 is 0 Å². The molecule has 0 N–H and O–H groups in total. The number of benzene rings is 1. The van der Waals surface area contributed by atoms with E-state index in [0.717, 1.165) is 24.3 Å². The van der Waals surface area contributed by atoms with Gasteiger partial charge in [0.2, 0.25) is 0 Å². The molecule has 1 aromatic rings. The van der Waals surface area contributed by atoms with E-state index < -0.39 is 0 Å². The number of hydrogen-bond donors (Lipinski definition) is 0. The molecule has 0 heterocycles. The lowest BCUT2D eigenvalue weighted by Crippen LogP contribution is -2.51. The Balaban J connectivity index is 1.46. The van der Waals surface area contributed by atoms with Crippen LogP contribution in [0.4, 0.5) is 0 Å². The van der Waals surface area contributed by atoms with Gasteiger partial charge in [0, 0.05) is 13.1 Å². The van der Waals surface area contributed by atoms with Gasteiger partial charge in [0.05, 0.1) is 0 Å². The van der Waals surface area contributed by atoms with Crippen molar-refractivity contribution in [2.75, 3.05) is 13.1 Å². The molecule has 0 saturated heterocycles. The van der Waals surface area contributed by atoms with Crippen LogP contribution in [0.3, 0.4) is 0 Å². The Morgan fingerprint density at radius 2 is 1.52 bits per heavy atom. The second-order valence-electron chi connectivity index (χ2n) is 8.21. The summed E-state index contributed by atoms with van der Waals surface area (Å²) in [5.74, 6) is 3.23. The average molecular weight is 283 g/mol. The first-order chi connectivity index (χ1) is 10.2. The van der Waals surface area contributed by atoms with Gasteiger partial charge in [-0.05, 0) is 73.8 Å². The molecule has 4 aliphatic rings. The maximum Gasteiger partial charge on any atom is 0.0233 e. The molecule has 4 bridgehead atoms. The van der Waals surface area contributed by atoms with Gasteiger partial charge < -0.3 is 0 Å². The lowest BCUT2D eigenvalue weighted by atomic mass is 9.49. The number of nitrogens with zero attached hydrogens (tertiary/aromatic N) is 1. The minimum absolute atomic E-state index is 0.680. The van der Waals surface area contributed by atoms with Crippen LogP contribution in [-0.2, 0) is 6.54 Å². The summed E-state index contributed by atoms with van der Waals surface area (Å²) in [7, 11) is 0. The molecule has 4 fully saturated rings. The van der Waals surface area contributed by atoms with E-state index in [1.165, 1.54) is 37.9 Å². The fourth-order valence-corrected chi connectivity index (χ4v) is 6.08. The highest BCUT2D eigenvalue weighted by Crippen LogP contribution is 2.60. The summed E-state index contributed by atoms with van der Waals surface area (Å²) in [5.41, 5.74) is 2.16. The van der Waals surface area contributed by atoms with Crippen LogP contribution in [-0.4, -0.2) is 18.0 Å². The molecule has 0 aliphatic heterocycles.